The van der Waals surface area contributed by atoms with Gasteiger partial charge in [0.15, 0.2) is 16.6 Å². The van der Waals surface area contributed by atoms with E-state index >= 15 is 0 Å². The molecule has 12 nitrogen and oxygen atoms in total. The van der Waals surface area contributed by atoms with E-state index in [9.17, 15) is 22.8 Å². The van der Waals surface area contributed by atoms with Crippen LogP contribution in [0.3, 0.4) is 0 Å². The number of thiazole rings is 1. The van der Waals surface area contributed by atoms with Crippen LogP contribution in [0.1, 0.15) is 12.6 Å². The highest BCUT2D eigenvalue weighted by atomic mass is 32.2. The maximum Gasteiger partial charge on any atom is 0.363 e. The second-order valence-corrected chi connectivity index (χ2v) is 6.99. The van der Waals surface area contributed by atoms with Gasteiger partial charge in [0, 0.05) is 5.38 Å². The summed E-state index contributed by atoms with van der Waals surface area (Å²) in [5, 5.41) is 7.25. The number of anilines is 1. The Morgan fingerprint density at radius 2 is 2.16 bits per heavy atom. The van der Waals surface area contributed by atoms with Crippen molar-refractivity contribution in [2.24, 2.45) is 5.16 Å². The Morgan fingerprint density at radius 3 is 2.60 bits per heavy atom. The van der Waals surface area contributed by atoms with Gasteiger partial charge < -0.3 is 15.9 Å². The van der Waals surface area contributed by atoms with Crippen molar-refractivity contribution in [1.82, 2.24) is 14.6 Å². The first-order valence-corrected chi connectivity index (χ1v) is 8.80. The SMILES string of the molecule is CON=C(C(=O)N[C@H]1C(=O)N(S(=O)(=O)O)[C@H]1C(C)=O)c1csc(N)n1. The Morgan fingerprint density at radius 1 is 1.52 bits per heavy atom. The van der Waals surface area contributed by atoms with E-state index in [2.05, 4.69) is 20.3 Å². The quantitative estimate of drug-likeness (QED) is 0.217. The normalized spacial score (nSPS) is 20.8. The number of Topliss-reactive ketones (excluding diaryl/α,β-unsaturated/α-hetero) is 1. The second kappa shape index (κ2) is 6.73. The summed E-state index contributed by atoms with van der Waals surface area (Å²) in [7, 11) is -3.75. The molecule has 136 valence electrons. The molecular weight excluding hydrogens is 378 g/mol. The lowest BCUT2D eigenvalue weighted by Gasteiger charge is -2.42. The fraction of sp³-hybridized carbons (Fsp3) is 0.364. The van der Waals surface area contributed by atoms with Gasteiger partial charge in [-0.15, -0.1) is 11.3 Å². The van der Waals surface area contributed by atoms with Crippen molar-refractivity contribution in [3.05, 3.63) is 11.1 Å². The van der Waals surface area contributed by atoms with Gasteiger partial charge in [-0.25, -0.2) is 9.29 Å². The third-order valence-corrected chi connectivity index (χ3v) is 4.74. The monoisotopic (exact) mass is 391 g/mol. The number of β-lactam (4-membered cyclic amide) rings is 1. The predicted molar refractivity (Wildman–Crippen MR) is 84.9 cm³/mol. The van der Waals surface area contributed by atoms with Gasteiger partial charge in [-0.1, -0.05) is 5.16 Å². The van der Waals surface area contributed by atoms with Crippen LogP contribution in [0.25, 0.3) is 0 Å². The van der Waals surface area contributed by atoms with Crippen LogP contribution < -0.4 is 11.1 Å². The topological polar surface area (TPSA) is 181 Å². The van der Waals surface area contributed by atoms with Crippen molar-refractivity contribution in [2.75, 3.05) is 12.8 Å². The van der Waals surface area contributed by atoms with E-state index in [0.717, 1.165) is 18.3 Å². The van der Waals surface area contributed by atoms with Crippen LogP contribution in [0.2, 0.25) is 0 Å². The average molecular weight is 391 g/mol. The minimum atomic E-state index is -4.93. The van der Waals surface area contributed by atoms with Crippen molar-refractivity contribution >= 4 is 50.1 Å². The summed E-state index contributed by atoms with van der Waals surface area (Å²) in [6.07, 6.45) is 0. The van der Waals surface area contributed by atoms with Crippen molar-refractivity contribution in [2.45, 2.75) is 19.0 Å². The summed E-state index contributed by atoms with van der Waals surface area (Å²) in [5.74, 6) is -2.84. The van der Waals surface area contributed by atoms with Crippen LogP contribution >= 0.6 is 11.3 Å². The molecule has 0 unspecified atom stereocenters. The number of carbonyl (C=O) groups is 3. The Labute approximate surface area is 145 Å². The molecule has 0 aromatic carbocycles. The maximum absolute atomic E-state index is 12.3. The van der Waals surface area contributed by atoms with Crippen molar-refractivity contribution in [1.29, 1.82) is 0 Å². The number of ketones is 1. The molecule has 1 aromatic rings. The molecule has 2 heterocycles. The predicted octanol–water partition coefficient (Wildman–Crippen LogP) is -1.84. The molecular formula is C11H13N5O7S2. The number of carbonyl (C=O) groups excluding carboxylic acids is 3. The van der Waals surface area contributed by atoms with E-state index in [0.29, 0.717) is 0 Å². The Hall–Kier alpha value is -2.58. The van der Waals surface area contributed by atoms with Gasteiger partial charge in [0.1, 0.15) is 24.9 Å². The minimum absolute atomic E-state index is 0.00571. The summed E-state index contributed by atoms with van der Waals surface area (Å²) >= 11 is 1.03. The standard InChI is InChI=1S/C11H13N5O7S2/c1-4(17)8-7(10(19)16(8)25(20,21)22)14-9(18)6(15-23-2)5-3-24-11(12)13-5/h3,7-8H,1-2H3,(H2,12,13)(H,14,18)(H,20,21,22)/t7-,8+/m1/s1. The molecule has 0 aliphatic carbocycles. The number of nitrogens with two attached hydrogens (primary N) is 1. The van der Waals surface area contributed by atoms with Crippen LogP contribution in [0.15, 0.2) is 10.5 Å². The van der Waals surface area contributed by atoms with Gasteiger partial charge in [0.25, 0.3) is 11.8 Å². The molecule has 2 atom stereocenters. The maximum atomic E-state index is 12.3. The summed E-state index contributed by atoms with van der Waals surface area (Å²) in [6, 6.07) is -3.04. The molecule has 1 aliphatic rings. The fourth-order valence-electron chi connectivity index (χ4n) is 2.16. The number of rotatable bonds is 6. The second-order valence-electron chi connectivity index (χ2n) is 4.81. The fourth-order valence-corrected chi connectivity index (χ4v) is 3.61. The van der Waals surface area contributed by atoms with E-state index in [1.807, 2.05) is 0 Å². The van der Waals surface area contributed by atoms with Gasteiger partial charge >= 0.3 is 10.3 Å². The van der Waals surface area contributed by atoms with Gasteiger partial charge in [-0.05, 0) is 6.92 Å². The largest absolute Gasteiger partial charge is 0.398 e. The van der Waals surface area contributed by atoms with Gasteiger partial charge in [0.05, 0.1) is 0 Å². The van der Waals surface area contributed by atoms with E-state index < -0.39 is 40.0 Å². The number of nitrogens with zero attached hydrogens (tertiary/aromatic N) is 3. The molecule has 25 heavy (non-hydrogen) atoms. The summed E-state index contributed by atoms with van der Waals surface area (Å²) < 4.78 is 31.3. The minimum Gasteiger partial charge on any atom is -0.398 e. The molecule has 0 saturated carbocycles. The van der Waals surface area contributed by atoms with Crippen LogP contribution in [0.5, 0.6) is 0 Å². The number of nitrogen functional groups attached to an aromatic ring is 1. The first-order chi connectivity index (χ1) is 11.6. The molecule has 1 aromatic heterocycles. The summed E-state index contributed by atoms with van der Waals surface area (Å²) in [4.78, 5) is 44.2. The van der Waals surface area contributed by atoms with E-state index in [4.69, 9.17) is 10.3 Å². The molecule has 4 N–H and O–H groups in total. The number of oxime groups is 1. The van der Waals surface area contributed by atoms with Crippen LogP contribution in [0, 0.1) is 0 Å². The zero-order chi connectivity index (χ0) is 18.9. The molecule has 2 amide bonds. The van der Waals surface area contributed by atoms with Crippen molar-refractivity contribution in [3.8, 4) is 0 Å². The van der Waals surface area contributed by atoms with Gasteiger partial charge in [0.2, 0.25) is 0 Å². The zero-order valence-corrected chi connectivity index (χ0v) is 14.5. The molecule has 14 heteroatoms. The Kier molecular flexibility index (Phi) is 5.05. The molecule has 1 aliphatic heterocycles. The molecule has 2 rings (SSSR count). The third kappa shape index (κ3) is 3.59. The Bertz CT molecular complexity index is 862. The highest BCUT2D eigenvalue weighted by Crippen LogP contribution is 2.24. The smallest absolute Gasteiger partial charge is 0.363 e. The molecule has 1 fully saturated rings. The third-order valence-electron chi connectivity index (χ3n) is 3.17. The lowest BCUT2D eigenvalue weighted by atomic mass is 9.95. The Balaban J connectivity index is 2.25. The number of nitrogens with one attached hydrogen (secondary N) is 1. The highest BCUT2D eigenvalue weighted by Gasteiger charge is 2.56. The first kappa shape index (κ1) is 18.8. The highest BCUT2D eigenvalue weighted by molar-refractivity contribution is 7.84. The van der Waals surface area contributed by atoms with Crippen LogP contribution in [-0.2, 0) is 29.5 Å². The van der Waals surface area contributed by atoms with Gasteiger partial charge in [-0.2, -0.15) is 8.42 Å². The van der Waals surface area contributed by atoms with E-state index in [1.54, 1.807) is 0 Å². The van der Waals surface area contributed by atoms with Crippen LogP contribution in [-0.4, -0.2) is 64.8 Å². The molecule has 1 saturated heterocycles. The van der Waals surface area contributed by atoms with E-state index in [1.165, 1.54) is 12.5 Å². The molecule has 0 radical (unpaired) electrons. The number of hydrogen-bond acceptors (Lipinski definition) is 10. The van der Waals surface area contributed by atoms with Gasteiger partial charge in [-0.3, -0.25) is 18.9 Å². The lowest BCUT2D eigenvalue weighted by molar-refractivity contribution is -0.150. The number of hydrogen-bond donors (Lipinski definition) is 3. The summed E-state index contributed by atoms with van der Waals surface area (Å²) in [6.45, 7) is 1.01. The lowest BCUT2D eigenvalue weighted by Crippen LogP contribution is -2.74. The van der Waals surface area contributed by atoms with E-state index in [-0.39, 0.29) is 20.8 Å². The zero-order valence-electron chi connectivity index (χ0n) is 12.9. The number of amides is 2. The van der Waals surface area contributed by atoms with Crippen molar-refractivity contribution in [3.63, 3.8) is 0 Å². The molecule has 0 spiro atoms. The molecule has 0 bridgehead atoms. The summed E-state index contributed by atoms with van der Waals surface area (Å²) in [5.41, 5.74) is 5.23. The first-order valence-electron chi connectivity index (χ1n) is 6.52. The number of aromatic nitrogens is 1. The van der Waals surface area contributed by atoms with Crippen LogP contribution in [0.4, 0.5) is 5.13 Å². The van der Waals surface area contributed by atoms with Crippen molar-refractivity contribution < 1.29 is 32.2 Å². The average Bonchev–Trinajstić information content (AvgIpc) is 2.91.